The molecule has 2 atom stereocenters. The van der Waals surface area contributed by atoms with E-state index in [1.54, 1.807) is 0 Å². The minimum absolute atomic E-state index is 0.119. The molecule has 0 aromatic carbocycles. The van der Waals surface area contributed by atoms with Crippen LogP contribution in [0.1, 0.15) is 6.42 Å². The Hall–Kier alpha value is -0.810. The number of oxime groups is 1. The van der Waals surface area contributed by atoms with Crippen LogP contribution in [0.3, 0.4) is 0 Å². The van der Waals surface area contributed by atoms with Crippen LogP contribution < -0.4 is 5.32 Å². The molecule has 0 aliphatic carbocycles. The van der Waals surface area contributed by atoms with Gasteiger partial charge in [-0.05, 0) is 27.1 Å². The lowest BCUT2D eigenvalue weighted by Gasteiger charge is -2.27. The molecule has 1 saturated heterocycles. The van der Waals surface area contributed by atoms with Gasteiger partial charge in [-0.3, -0.25) is 0 Å². The highest BCUT2D eigenvalue weighted by Crippen LogP contribution is 2.16. The SMILES string of the molecule is CN(C)CC1CON=C(C2CCNC2)O1. The average Bonchev–Trinajstić information content (AvgIpc) is 2.69. The quantitative estimate of drug-likeness (QED) is 0.710. The van der Waals surface area contributed by atoms with E-state index >= 15 is 0 Å². The average molecular weight is 213 g/mol. The molecule has 2 aliphatic heterocycles. The Kier molecular flexibility index (Phi) is 3.43. The van der Waals surface area contributed by atoms with Crippen molar-refractivity contribution in [2.24, 2.45) is 11.1 Å². The summed E-state index contributed by atoms with van der Waals surface area (Å²) in [6, 6.07) is 0. The minimum Gasteiger partial charge on any atom is -0.470 e. The van der Waals surface area contributed by atoms with Crippen molar-refractivity contribution in [2.75, 3.05) is 40.3 Å². The predicted molar refractivity (Wildman–Crippen MR) is 57.8 cm³/mol. The summed E-state index contributed by atoms with van der Waals surface area (Å²) in [5.41, 5.74) is 0. The zero-order chi connectivity index (χ0) is 10.7. The van der Waals surface area contributed by atoms with Crippen molar-refractivity contribution in [3.05, 3.63) is 0 Å². The number of hydrogen-bond acceptors (Lipinski definition) is 5. The van der Waals surface area contributed by atoms with Crippen molar-refractivity contribution < 1.29 is 9.57 Å². The molecule has 5 nitrogen and oxygen atoms in total. The molecule has 15 heavy (non-hydrogen) atoms. The van der Waals surface area contributed by atoms with Gasteiger partial charge in [0.1, 0.15) is 6.10 Å². The van der Waals surface area contributed by atoms with Crippen LogP contribution in [0.5, 0.6) is 0 Å². The summed E-state index contributed by atoms with van der Waals surface area (Å²) in [7, 11) is 4.07. The summed E-state index contributed by atoms with van der Waals surface area (Å²) in [6.45, 7) is 3.43. The van der Waals surface area contributed by atoms with E-state index in [0.717, 1.165) is 32.0 Å². The van der Waals surface area contributed by atoms with Gasteiger partial charge in [-0.1, -0.05) is 5.16 Å². The Labute approximate surface area is 90.4 Å². The molecule has 2 heterocycles. The van der Waals surface area contributed by atoms with Crippen LogP contribution in [-0.4, -0.2) is 57.2 Å². The molecule has 86 valence electrons. The zero-order valence-electron chi connectivity index (χ0n) is 9.40. The zero-order valence-corrected chi connectivity index (χ0v) is 9.40. The standard InChI is InChI=1S/C10H19N3O2/c1-13(2)6-9-7-14-12-10(15-9)8-3-4-11-5-8/h8-9,11H,3-7H2,1-2H3. The summed E-state index contributed by atoms with van der Waals surface area (Å²) in [4.78, 5) is 7.32. The molecular formula is C10H19N3O2. The fourth-order valence-corrected chi connectivity index (χ4v) is 1.94. The van der Waals surface area contributed by atoms with Gasteiger partial charge in [-0.15, -0.1) is 0 Å². The van der Waals surface area contributed by atoms with E-state index in [4.69, 9.17) is 9.57 Å². The van der Waals surface area contributed by atoms with Gasteiger partial charge in [-0.2, -0.15) is 0 Å². The second-order valence-corrected chi connectivity index (χ2v) is 4.42. The van der Waals surface area contributed by atoms with Gasteiger partial charge in [0.15, 0.2) is 6.61 Å². The maximum absolute atomic E-state index is 5.82. The number of rotatable bonds is 3. The van der Waals surface area contributed by atoms with Crippen molar-refractivity contribution in [1.29, 1.82) is 0 Å². The van der Waals surface area contributed by atoms with Crippen molar-refractivity contribution >= 4 is 5.90 Å². The van der Waals surface area contributed by atoms with E-state index in [1.807, 2.05) is 14.1 Å². The number of hydrogen-bond donors (Lipinski definition) is 1. The van der Waals surface area contributed by atoms with Gasteiger partial charge < -0.3 is 19.8 Å². The van der Waals surface area contributed by atoms with Crippen LogP contribution in [-0.2, 0) is 9.57 Å². The molecule has 0 amide bonds. The lowest BCUT2D eigenvalue weighted by Crippen LogP contribution is -2.38. The second-order valence-electron chi connectivity index (χ2n) is 4.42. The largest absolute Gasteiger partial charge is 0.470 e. The minimum atomic E-state index is 0.119. The molecule has 5 heteroatoms. The fourth-order valence-electron chi connectivity index (χ4n) is 1.94. The molecule has 0 radical (unpaired) electrons. The lowest BCUT2D eigenvalue weighted by atomic mass is 10.1. The van der Waals surface area contributed by atoms with Crippen LogP contribution in [0.25, 0.3) is 0 Å². The van der Waals surface area contributed by atoms with Gasteiger partial charge in [0.25, 0.3) is 0 Å². The summed E-state index contributed by atoms with van der Waals surface area (Å²) >= 11 is 0. The molecule has 0 spiro atoms. The van der Waals surface area contributed by atoms with Crippen LogP contribution in [0.15, 0.2) is 5.16 Å². The highest BCUT2D eigenvalue weighted by atomic mass is 16.7. The van der Waals surface area contributed by atoms with Gasteiger partial charge in [0.05, 0.1) is 5.92 Å². The Bertz CT molecular complexity index is 237. The lowest BCUT2D eigenvalue weighted by molar-refractivity contribution is -0.00672. The fraction of sp³-hybridized carbons (Fsp3) is 0.900. The summed E-state index contributed by atoms with van der Waals surface area (Å²) < 4.78 is 5.82. The van der Waals surface area contributed by atoms with Crippen molar-refractivity contribution in [2.45, 2.75) is 12.5 Å². The smallest absolute Gasteiger partial charge is 0.230 e. The first-order valence-electron chi connectivity index (χ1n) is 5.47. The number of likely N-dealkylation sites (N-methyl/N-ethyl adjacent to an activating group) is 1. The molecule has 2 rings (SSSR count). The molecular weight excluding hydrogens is 194 g/mol. The molecule has 2 unspecified atom stereocenters. The van der Waals surface area contributed by atoms with E-state index < -0.39 is 0 Å². The van der Waals surface area contributed by atoms with Gasteiger partial charge >= 0.3 is 0 Å². The van der Waals surface area contributed by atoms with Crippen LogP contribution in [0, 0.1) is 5.92 Å². The van der Waals surface area contributed by atoms with E-state index in [9.17, 15) is 0 Å². The van der Waals surface area contributed by atoms with E-state index in [0.29, 0.717) is 12.5 Å². The molecule has 0 bridgehead atoms. The Morgan fingerprint density at radius 2 is 2.40 bits per heavy atom. The molecule has 0 saturated carbocycles. The number of ether oxygens (including phenoxy) is 1. The summed E-state index contributed by atoms with van der Waals surface area (Å²) in [5, 5.41) is 7.30. The first-order chi connectivity index (χ1) is 7.25. The monoisotopic (exact) mass is 213 g/mol. The first kappa shape index (κ1) is 10.7. The maximum Gasteiger partial charge on any atom is 0.230 e. The number of nitrogens with zero attached hydrogens (tertiary/aromatic N) is 2. The van der Waals surface area contributed by atoms with E-state index in [1.165, 1.54) is 0 Å². The summed E-state index contributed by atoms with van der Waals surface area (Å²) in [6.07, 6.45) is 1.21. The van der Waals surface area contributed by atoms with E-state index in [2.05, 4.69) is 15.4 Å². The number of nitrogens with one attached hydrogen (secondary N) is 1. The Morgan fingerprint density at radius 1 is 1.53 bits per heavy atom. The first-order valence-corrected chi connectivity index (χ1v) is 5.47. The third kappa shape index (κ3) is 2.82. The molecule has 1 fully saturated rings. The van der Waals surface area contributed by atoms with Crippen molar-refractivity contribution in [3.63, 3.8) is 0 Å². The highest BCUT2D eigenvalue weighted by Gasteiger charge is 2.28. The molecule has 1 N–H and O–H groups in total. The van der Waals surface area contributed by atoms with Crippen molar-refractivity contribution in [3.8, 4) is 0 Å². The Morgan fingerprint density at radius 3 is 3.07 bits per heavy atom. The third-order valence-electron chi connectivity index (χ3n) is 2.68. The second kappa shape index (κ2) is 4.81. The predicted octanol–water partition coefficient (Wildman–Crippen LogP) is -0.114. The van der Waals surface area contributed by atoms with Crippen LogP contribution in [0.4, 0.5) is 0 Å². The molecule has 0 aromatic heterocycles. The van der Waals surface area contributed by atoms with Gasteiger partial charge in [0.2, 0.25) is 5.90 Å². The molecule has 0 aromatic rings. The van der Waals surface area contributed by atoms with Gasteiger partial charge in [0, 0.05) is 13.1 Å². The Balaban J connectivity index is 1.87. The third-order valence-corrected chi connectivity index (χ3v) is 2.68. The normalized spacial score (nSPS) is 31.0. The van der Waals surface area contributed by atoms with Crippen LogP contribution in [0.2, 0.25) is 0 Å². The maximum atomic E-state index is 5.82. The molecule has 2 aliphatic rings. The van der Waals surface area contributed by atoms with Gasteiger partial charge in [-0.25, -0.2) is 0 Å². The topological polar surface area (TPSA) is 46.1 Å². The van der Waals surface area contributed by atoms with Crippen molar-refractivity contribution in [1.82, 2.24) is 10.2 Å². The van der Waals surface area contributed by atoms with Crippen LogP contribution >= 0.6 is 0 Å². The summed E-state index contributed by atoms with van der Waals surface area (Å²) in [5.74, 6) is 1.17. The highest BCUT2D eigenvalue weighted by molar-refractivity contribution is 5.79. The van der Waals surface area contributed by atoms with E-state index in [-0.39, 0.29) is 6.10 Å².